The first-order valence-corrected chi connectivity index (χ1v) is 11.0. The zero-order chi connectivity index (χ0) is 21.3. The summed E-state index contributed by atoms with van der Waals surface area (Å²) >= 11 is 0. The van der Waals surface area contributed by atoms with Crippen LogP contribution >= 0.6 is 0 Å². The smallest absolute Gasteiger partial charge is 0.225 e. The highest BCUT2D eigenvalue weighted by atomic mass is 16.3. The van der Waals surface area contributed by atoms with Gasteiger partial charge in [0.2, 0.25) is 11.8 Å². The molecule has 1 aliphatic heterocycles. The molecule has 0 spiro atoms. The first-order chi connectivity index (χ1) is 14.6. The van der Waals surface area contributed by atoms with Gasteiger partial charge in [-0.05, 0) is 42.8 Å². The number of likely N-dealkylation sites (tertiary alicyclic amines) is 1. The first kappa shape index (κ1) is 22.1. The lowest BCUT2D eigenvalue weighted by Crippen LogP contribution is -2.32. The topological polar surface area (TPSA) is 65.8 Å². The average Bonchev–Trinajstić information content (AvgIpc) is 3.40. The van der Waals surface area contributed by atoms with Crippen LogP contribution in [0.25, 0.3) is 0 Å². The second kappa shape index (κ2) is 11.0. The fraction of sp³-hybridized carbons (Fsp3) is 0.500. The van der Waals surface area contributed by atoms with E-state index in [9.17, 15) is 9.59 Å². The Kier molecular flexibility index (Phi) is 8.08. The number of nitrogens with one attached hydrogen (secondary N) is 1. The summed E-state index contributed by atoms with van der Waals surface area (Å²) in [6, 6.07) is 12.0. The monoisotopic (exact) mass is 411 g/mol. The molecule has 2 aromatic rings. The molecule has 30 heavy (non-hydrogen) atoms. The SMILES string of the molecule is CCCCN(CC)Cc1cccc(CNC(=O)C2CC(=O)N(Cc3ccco3)C2)c1. The van der Waals surface area contributed by atoms with Gasteiger partial charge in [-0.3, -0.25) is 14.5 Å². The number of nitrogens with zero attached hydrogens (tertiary/aromatic N) is 2. The van der Waals surface area contributed by atoms with Crippen LogP contribution in [0.5, 0.6) is 0 Å². The van der Waals surface area contributed by atoms with Crippen LogP contribution in [0.15, 0.2) is 47.1 Å². The lowest BCUT2D eigenvalue weighted by molar-refractivity contribution is -0.129. The largest absolute Gasteiger partial charge is 0.467 e. The fourth-order valence-electron chi connectivity index (χ4n) is 3.85. The van der Waals surface area contributed by atoms with Crippen molar-refractivity contribution in [2.24, 2.45) is 5.92 Å². The number of furan rings is 1. The van der Waals surface area contributed by atoms with Crippen LogP contribution in [0.2, 0.25) is 0 Å². The lowest BCUT2D eigenvalue weighted by Gasteiger charge is -2.20. The van der Waals surface area contributed by atoms with Crippen LogP contribution in [0.3, 0.4) is 0 Å². The van der Waals surface area contributed by atoms with Gasteiger partial charge >= 0.3 is 0 Å². The number of rotatable bonds is 11. The molecule has 1 saturated heterocycles. The minimum absolute atomic E-state index is 0.000263. The number of carbonyl (C=O) groups excluding carboxylic acids is 2. The molecule has 2 amide bonds. The minimum Gasteiger partial charge on any atom is -0.467 e. The van der Waals surface area contributed by atoms with E-state index in [1.54, 1.807) is 17.2 Å². The molecule has 0 aliphatic carbocycles. The quantitative estimate of drug-likeness (QED) is 0.614. The Labute approximate surface area is 179 Å². The number of benzene rings is 1. The number of amides is 2. The Balaban J connectivity index is 1.49. The normalized spacial score (nSPS) is 16.4. The van der Waals surface area contributed by atoms with E-state index in [1.165, 1.54) is 18.4 Å². The molecule has 1 aliphatic rings. The first-order valence-electron chi connectivity index (χ1n) is 11.0. The third kappa shape index (κ3) is 6.20. The summed E-state index contributed by atoms with van der Waals surface area (Å²) in [7, 11) is 0. The van der Waals surface area contributed by atoms with Gasteiger partial charge in [0, 0.05) is 26.1 Å². The van der Waals surface area contributed by atoms with Gasteiger partial charge in [0.25, 0.3) is 0 Å². The van der Waals surface area contributed by atoms with Crippen molar-refractivity contribution in [2.75, 3.05) is 19.6 Å². The molecule has 6 nitrogen and oxygen atoms in total. The predicted octanol–water partition coefficient (Wildman–Crippen LogP) is 3.57. The van der Waals surface area contributed by atoms with E-state index in [0.29, 0.717) is 19.6 Å². The van der Waals surface area contributed by atoms with Crippen molar-refractivity contribution in [3.63, 3.8) is 0 Å². The van der Waals surface area contributed by atoms with Crippen LogP contribution in [-0.2, 0) is 29.2 Å². The maximum Gasteiger partial charge on any atom is 0.225 e. The van der Waals surface area contributed by atoms with E-state index in [0.717, 1.165) is 31.0 Å². The molecule has 6 heteroatoms. The summed E-state index contributed by atoms with van der Waals surface area (Å²) < 4.78 is 5.32. The zero-order valence-corrected chi connectivity index (χ0v) is 18.1. The van der Waals surface area contributed by atoms with Crippen LogP contribution in [0.4, 0.5) is 0 Å². The van der Waals surface area contributed by atoms with Crippen LogP contribution in [0.1, 0.15) is 50.0 Å². The van der Waals surface area contributed by atoms with Gasteiger partial charge in [-0.25, -0.2) is 0 Å². The second-order valence-electron chi connectivity index (χ2n) is 8.01. The summed E-state index contributed by atoms with van der Waals surface area (Å²) in [5, 5.41) is 3.01. The van der Waals surface area contributed by atoms with Crippen LogP contribution in [-0.4, -0.2) is 41.2 Å². The lowest BCUT2D eigenvalue weighted by atomic mass is 10.1. The summed E-state index contributed by atoms with van der Waals surface area (Å²) in [6.07, 6.45) is 4.26. The molecule has 0 bridgehead atoms. The summed E-state index contributed by atoms with van der Waals surface area (Å²) in [4.78, 5) is 29.0. The number of carbonyl (C=O) groups is 2. The minimum atomic E-state index is -0.305. The zero-order valence-electron chi connectivity index (χ0n) is 18.1. The Hall–Kier alpha value is -2.60. The van der Waals surface area contributed by atoms with E-state index in [1.807, 2.05) is 12.1 Å². The maximum atomic E-state index is 12.6. The Morgan fingerprint density at radius 3 is 2.80 bits per heavy atom. The molecule has 162 valence electrons. The van der Waals surface area contributed by atoms with E-state index < -0.39 is 0 Å². The Morgan fingerprint density at radius 1 is 1.23 bits per heavy atom. The number of unbranched alkanes of at least 4 members (excludes halogenated alkanes) is 1. The summed E-state index contributed by atoms with van der Waals surface area (Å²) in [5.41, 5.74) is 2.35. The molecule has 3 rings (SSSR count). The van der Waals surface area contributed by atoms with Crippen LogP contribution < -0.4 is 5.32 Å². The van der Waals surface area contributed by atoms with Gasteiger partial charge in [0.1, 0.15) is 5.76 Å². The van der Waals surface area contributed by atoms with E-state index in [2.05, 4.69) is 42.3 Å². The number of hydrogen-bond acceptors (Lipinski definition) is 4. The third-order valence-electron chi connectivity index (χ3n) is 5.65. The van der Waals surface area contributed by atoms with Gasteiger partial charge in [0.05, 0.1) is 18.7 Å². The molecular weight excluding hydrogens is 378 g/mol. The molecular formula is C24H33N3O3. The second-order valence-corrected chi connectivity index (χ2v) is 8.01. The molecule has 2 heterocycles. The van der Waals surface area contributed by atoms with Crippen LogP contribution in [0, 0.1) is 5.92 Å². The van der Waals surface area contributed by atoms with Crippen molar-refractivity contribution in [2.45, 2.75) is 52.7 Å². The van der Waals surface area contributed by atoms with Gasteiger partial charge < -0.3 is 14.6 Å². The summed E-state index contributed by atoms with van der Waals surface area (Å²) in [5.74, 6) is 0.371. The Bertz CT molecular complexity index is 819. The molecule has 0 saturated carbocycles. The van der Waals surface area contributed by atoms with E-state index >= 15 is 0 Å². The molecule has 1 fully saturated rings. The number of hydrogen-bond donors (Lipinski definition) is 1. The molecule has 1 unspecified atom stereocenters. The molecule has 1 N–H and O–H groups in total. The predicted molar refractivity (Wildman–Crippen MR) is 116 cm³/mol. The van der Waals surface area contributed by atoms with Gasteiger partial charge in [-0.15, -0.1) is 0 Å². The van der Waals surface area contributed by atoms with E-state index in [-0.39, 0.29) is 24.2 Å². The highest BCUT2D eigenvalue weighted by Gasteiger charge is 2.34. The van der Waals surface area contributed by atoms with Crippen molar-refractivity contribution >= 4 is 11.8 Å². The molecule has 1 aromatic heterocycles. The Morgan fingerprint density at radius 2 is 2.07 bits per heavy atom. The third-order valence-corrected chi connectivity index (χ3v) is 5.65. The van der Waals surface area contributed by atoms with Crippen molar-refractivity contribution in [3.05, 3.63) is 59.5 Å². The molecule has 1 atom stereocenters. The summed E-state index contributed by atoms with van der Waals surface area (Å²) in [6.45, 7) is 8.82. The maximum absolute atomic E-state index is 12.6. The fourth-order valence-corrected chi connectivity index (χ4v) is 3.85. The molecule has 1 aromatic carbocycles. The van der Waals surface area contributed by atoms with Crippen molar-refractivity contribution in [1.82, 2.24) is 15.1 Å². The highest BCUT2D eigenvalue weighted by Crippen LogP contribution is 2.21. The van der Waals surface area contributed by atoms with Gasteiger partial charge in [-0.2, -0.15) is 0 Å². The van der Waals surface area contributed by atoms with Gasteiger partial charge in [-0.1, -0.05) is 44.5 Å². The van der Waals surface area contributed by atoms with Gasteiger partial charge in [0.15, 0.2) is 0 Å². The van der Waals surface area contributed by atoms with Crippen molar-refractivity contribution < 1.29 is 14.0 Å². The highest BCUT2D eigenvalue weighted by molar-refractivity contribution is 5.89. The van der Waals surface area contributed by atoms with E-state index in [4.69, 9.17) is 4.42 Å². The van der Waals surface area contributed by atoms with Crippen molar-refractivity contribution in [3.8, 4) is 0 Å². The standard InChI is InChI=1S/C24H33N3O3/c1-3-5-11-26(4-2)16-20-9-6-8-19(13-20)15-25-24(29)21-14-23(28)27(17-21)18-22-10-7-12-30-22/h6-10,12-13,21H,3-5,11,14-18H2,1-2H3,(H,25,29). The van der Waals surface area contributed by atoms with Crippen molar-refractivity contribution in [1.29, 1.82) is 0 Å². The average molecular weight is 412 g/mol. The molecule has 0 radical (unpaired) electrons.